The van der Waals surface area contributed by atoms with Crippen LogP contribution in [0.1, 0.15) is 28.8 Å². The number of rotatable bonds is 4. The fourth-order valence-corrected chi connectivity index (χ4v) is 2.60. The zero-order valence-electron chi connectivity index (χ0n) is 11.9. The summed E-state index contributed by atoms with van der Waals surface area (Å²) < 4.78 is 5.93. The van der Waals surface area contributed by atoms with Crippen molar-refractivity contribution >= 4 is 5.91 Å². The average Bonchev–Trinajstić information content (AvgIpc) is 3.08. The number of ether oxygens (including phenoxy) is 1. The van der Waals surface area contributed by atoms with Crippen LogP contribution < -0.4 is 0 Å². The molecular weight excluding hydrogens is 266 g/mol. The molecule has 5 nitrogen and oxygen atoms in total. The van der Waals surface area contributed by atoms with Crippen molar-refractivity contribution in [1.82, 2.24) is 14.9 Å². The van der Waals surface area contributed by atoms with Gasteiger partial charge in [0.25, 0.3) is 5.91 Å². The third-order valence-electron chi connectivity index (χ3n) is 3.72. The van der Waals surface area contributed by atoms with Gasteiger partial charge in [-0.05, 0) is 30.5 Å². The number of aromatic nitrogens is 2. The molecule has 1 fully saturated rings. The molecule has 0 saturated carbocycles. The number of carbonyl (C=O) groups excluding carboxylic acids is 1. The minimum atomic E-state index is 0.0749. The summed E-state index contributed by atoms with van der Waals surface area (Å²) >= 11 is 0. The lowest BCUT2D eigenvalue weighted by molar-refractivity contribution is -0.00680. The van der Waals surface area contributed by atoms with Crippen LogP contribution in [0.4, 0.5) is 0 Å². The molecule has 1 amide bonds. The molecule has 3 rings (SSSR count). The lowest BCUT2D eigenvalue weighted by Crippen LogP contribution is -2.43. The van der Waals surface area contributed by atoms with E-state index in [0.29, 0.717) is 18.7 Å². The van der Waals surface area contributed by atoms with E-state index < -0.39 is 0 Å². The van der Waals surface area contributed by atoms with Crippen molar-refractivity contribution in [1.29, 1.82) is 0 Å². The topological polar surface area (TPSA) is 58.2 Å². The van der Waals surface area contributed by atoms with E-state index in [2.05, 4.69) is 9.97 Å². The molecule has 1 atom stereocenters. The fourth-order valence-electron chi connectivity index (χ4n) is 2.60. The standard InChI is InChI=1S/C16H19N3O2/c20-16(14-5-7-18-10-14)19-8-2-4-15(11-19)21-12-13-3-1-6-17-9-13/h1,3,5-7,9-10,15,18H,2,4,8,11-12H2. The number of hydrogen-bond acceptors (Lipinski definition) is 3. The van der Waals surface area contributed by atoms with E-state index in [0.717, 1.165) is 24.9 Å². The number of pyridine rings is 1. The number of nitrogens with one attached hydrogen (secondary N) is 1. The smallest absolute Gasteiger partial charge is 0.255 e. The quantitative estimate of drug-likeness (QED) is 0.937. The molecule has 0 radical (unpaired) electrons. The van der Waals surface area contributed by atoms with Gasteiger partial charge in [0, 0.05) is 37.9 Å². The number of carbonyl (C=O) groups is 1. The van der Waals surface area contributed by atoms with Crippen molar-refractivity contribution in [2.75, 3.05) is 13.1 Å². The Kier molecular flexibility index (Phi) is 4.31. The number of aromatic amines is 1. The zero-order chi connectivity index (χ0) is 14.5. The van der Waals surface area contributed by atoms with Gasteiger partial charge in [-0.15, -0.1) is 0 Å². The maximum atomic E-state index is 12.3. The molecule has 110 valence electrons. The van der Waals surface area contributed by atoms with E-state index in [9.17, 15) is 4.79 Å². The molecule has 1 saturated heterocycles. The van der Waals surface area contributed by atoms with E-state index in [1.807, 2.05) is 29.3 Å². The van der Waals surface area contributed by atoms with Crippen LogP contribution in [0.25, 0.3) is 0 Å². The maximum absolute atomic E-state index is 12.3. The minimum Gasteiger partial charge on any atom is -0.372 e. The lowest BCUT2D eigenvalue weighted by Gasteiger charge is -2.32. The summed E-state index contributed by atoms with van der Waals surface area (Å²) in [6.07, 6.45) is 9.15. The van der Waals surface area contributed by atoms with E-state index in [4.69, 9.17) is 4.74 Å². The Morgan fingerprint density at radius 3 is 3.19 bits per heavy atom. The first-order valence-corrected chi connectivity index (χ1v) is 7.25. The molecule has 0 bridgehead atoms. The third-order valence-corrected chi connectivity index (χ3v) is 3.72. The van der Waals surface area contributed by atoms with Gasteiger partial charge in [-0.2, -0.15) is 0 Å². The van der Waals surface area contributed by atoms with Crippen LogP contribution in [0.15, 0.2) is 43.0 Å². The Hall–Kier alpha value is -2.14. The maximum Gasteiger partial charge on any atom is 0.255 e. The summed E-state index contributed by atoms with van der Waals surface area (Å²) in [6.45, 7) is 2.01. The molecule has 2 aromatic rings. The Labute approximate surface area is 124 Å². The van der Waals surface area contributed by atoms with Crippen LogP contribution in [-0.4, -0.2) is 40.0 Å². The molecule has 5 heteroatoms. The van der Waals surface area contributed by atoms with E-state index in [1.54, 1.807) is 18.6 Å². The highest BCUT2D eigenvalue weighted by Gasteiger charge is 2.25. The van der Waals surface area contributed by atoms with Crippen LogP contribution in [0.3, 0.4) is 0 Å². The highest BCUT2D eigenvalue weighted by molar-refractivity contribution is 5.94. The molecule has 0 aliphatic carbocycles. The molecule has 1 N–H and O–H groups in total. The highest BCUT2D eigenvalue weighted by Crippen LogP contribution is 2.17. The lowest BCUT2D eigenvalue weighted by atomic mass is 10.1. The first kappa shape index (κ1) is 13.8. The number of H-pyrrole nitrogens is 1. The predicted molar refractivity (Wildman–Crippen MR) is 78.7 cm³/mol. The largest absolute Gasteiger partial charge is 0.372 e. The van der Waals surface area contributed by atoms with E-state index in [1.165, 1.54) is 0 Å². The van der Waals surface area contributed by atoms with Gasteiger partial charge in [0.05, 0.1) is 18.3 Å². The Balaban J connectivity index is 1.55. The van der Waals surface area contributed by atoms with Crippen molar-refractivity contribution in [3.8, 4) is 0 Å². The van der Waals surface area contributed by atoms with Gasteiger partial charge < -0.3 is 14.6 Å². The molecule has 2 aromatic heterocycles. The van der Waals surface area contributed by atoms with E-state index in [-0.39, 0.29) is 12.0 Å². The van der Waals surface area contributed by atoms with Crippen LogP contribution in [0.5, 0.6) is 0 Å². The summed E-state index contributed by atoms with van der Waals surface area (Å²) in [7, 11) is 0. The predicted octanol–water partition coefficient (Wildman–Crippen LogP) is 2.23. The first-order chi connectivity index (χ1) is 10.3. The van der Waals surface area contributed by atoms with E-state index >= 15 is 0 Å². The minimum absolute atomic E-state index is 0.0749. The van der Waals surface area contributed by atoms with Crippen molar-refractivity contribution in [2.24, 2.45) is 0 Å². The summed E-state index contributed by atoms with van der Waals surface area (Å²) in [6, 6.07) is 5.71. The second kappa shape index (κ2) is 6.54. The molecule has 0 spiro atoms. The molecule has 21 heavy (non-hydrogen) atoms. The van der Waals surface area contributed by atoms with Gasteiger partial charge in [-0.3, -0.25) is 9.78 Å². The molecule has 1 unspecified atom stereocenters. The molecule has 0 aromatic carbocycles. The van der Waals surface area contributed by atoms with Crippen molar-refractivity contribution in [3.63, 3.8) is 0 Å². The SMILES string of the molecule is O=C(c1cc[nH]c1)N1CCCC(OCc2cccnc2)C1. The Morgan fingerprint density at radius 1 is 1.48 bits per heavy atom. The van der Waals surface area contributed by atoms with Crippen LogP contribution in [-0.2, 0) is 11.3 Å². The summed E-state index contributed by atoms with van der Waals surface area (Å²) in [5.41, 5.74) is 1.77. The number of nitrogens with zero attached hydrogens (tertiary/aromatic N) is 2. The number of hydrogen-bond donors (Lipinski definition) is 1. The monoisotopic (exact) mass is 285 g/mol. The highest BCUT2D eigenvalue weighted by atomic mass is 16.5. The zero-order valence-corrected chi connectivity index (χ0v) is 11.9. The van der Waals surface area contributed by atoms with Gasteiger partial charge in [0.15, 0.2) is 0 Å². The van der Waals surface area contributed by atoms with Crippen molar-refractivity contribution in [3.05, 3.63) is 54.1 Å². The summed E-state index contributed by atoms with van der Waals surface area (Å²) in [5.74, 6) is 0.0749. The average molecular weight is 285 g/mol. The van der Waals surface area contributed by atoms with Gasteiger partial charge in [0.2, 0.25) is 0 Å². The Bertz CT molecular complexity index is 568. The number of piperidine rings is 1. The normalized spacial score (nSPS) is 18.7. The van der Waals surface area contributed by atoms with Crippen LogP contribution in [0, 0.1) is 0 Å². The second-order valence-electron chi connectivity index (χ2n) is 5.29. The molecular formula is C16H19N3O2. The number of amides is 1. The molecule has 1 aliphatic rings. The fraction of sp³-hybridized carbons (Fsp3) is 0.375. The Morgan fingerprint density at radius 2 is 2.43 bits per heavy atom. The molecule has 1 aliphatic heterocycles. The van der Waals surface area contributed by atoms with Gasteiger partial charge in [-0.25, -0.2) is 0 Å². The second-order valence-corrected chi connectivity index (χ2v) is 5.29. The van der Waals surface area contributed by atoms with Crippen molar-refractivity contribution in [2.45, 2.75) is 25.6 Å². The van der Waals surface area contributed by atoms with Gasteiger partial charge >= 0.3 is 0 Å². The van der Waals surface area contributed by atoms with Gasteiger partial charge in [-0.1, -0.05) is 6.07 Å². The van der Waals surface area contributed by atoms with Crippen LogP contribution >= 0.6 is 0 Å². The third kappa shape index (κ3) is 3.49. The molecule has 3 heterocycles. The van der Waals surface area contributed by atoms with Gasteiger partial charge in [0.1, 0.15) is 0 Å². The van der Waals surface area contributed by atoms with Crippen molar-refractivity contribution < 1.29 is 9.53 Å². The summed E-state index contributed by atoms with van der Waals surface area (Å²) in [4.78, 5) is 21.2. The van der Waals surface area contributed by atoms with Crippen LogP contribution in [0.2, 0.25) is 0 Å². The number of likely N-dealkylation sites (tertiary alicyclic amines) is 1. The summed E-state index contributed by atoms with van der Waals surface area (Å²) in [5, 5.41) is 0. The first-order valence-electron chi connectivity index (χ1n) is 7.25.